The minimum atomic E-state index is -1.38. The van der Waals surface area contributed by atoms with E-state index in [0.29, 0.717) is 4.60 Å². The van der Waals surface area contributed by atoms with Crippen LogP contribution in [0.15, 0.2) is 28.2 Å². The topological polar surface area (TPSA) is 59.4 Å². The lowest BCUT2D eigenvalue weighted by molar-refractivity contribution is 0.0689. The van der Waals surface area contributed by atoms with Gasteiger partial charge in [-0.3, -0.25) is 0 Å². The van der Waals surface area contributed by atoms with E-state index >= 15 is 0 Å². The zero-order valence-electron chi connectivity index (χ0n) is 8.18. The van der Waals surface area contributed by atoms with Gasteiger partial charge in [0.2, 0.25) is 0 Å². The molecule has 0 atom stereocenters. The molecular formula is C10H5BrFNO3S. The van der Waals surface area contributed by atoms with Crippen LogP contribution in [0.5, 0.6) is 10.9 Å². The summed E-state index contributed by atoms with van der Waals surface area (Å²) in [6, 6.07) is 3.82. The fourth-order valence-corrected chi connectivity index (χ4v) is 2.28. The summed E-state index contributed by atoms with van der Waals surface area (Å²) in [4.78, 5) is 14.8. The monoisotopic (exact) mass is 317 g/mol. The van der Waals surface area contributed by atoms with Gasteiger partial charge in [-0.25, -0.2) is 9.18 Å². The molecule has 0 fully saturated rings. The van der Waals surface area contributed by atoms with Crippen molar-refractivity contribution in [2.45, 2.75) is 0 Å². The van der Waals surface area contributed by atoms with Gasteiger partial charge < -0.3 is 9.84 Å². The van der Waals surface area contributed by atoms with Gasteiger partial charge in [0.05, 0.1) is 0 Å². The van der Waals surface area contributed by atoms with Crippen LogP contribution in [0.3, 0.4) is 0 Å². The Morgan fingerprint density at radius 2 is 2.29 bits per heavy atom. The van der Waals surface area contributed by atoms with E-state index in [9.17, 15) is 9.18 Å². The first-order chi connectivity index (χ1) is 8.08. The minimum absolute atomic E-state index is 0.0700. The molecule has 1 aromatic carbocycles. The number of hydrogen-bond acceptors (Lipinski definition) is 4. The number of halogens is 2. The van der Waals surface area contributed by atoms with Crippen molar-refractivity contribution in [3.8, 4) is 10.9 Å². The summed E-state index contributed by atoms with van der Waals surface area (Å²) < 4.78 is 19.1. The fourth-order valence-electron chi connectivity index (χ4n) is 1.18. The molecule has 88 valence electrons. The molecule has 0 aliphatic rings. The van der Waals surface area contributed by atoms with Crippen molar-refractivity contribution >= 4 is 33.2 Å². The molecule has 0 saturated heterocycles. The second kappa shape index (κ2) is 4.80. The first-order valence-corrected chi connectivity index (χ1v) is 6.06. The zero-order valence-corrected chi connectivity index (χ0v) is 10.6. The average Bonchev–Trinajstić information content (AvgIpc) is 2.63. The molecule has 0 bridgehead atoms. The van der Waals surface area contributed by atoms with E-state index in [1.165, 1.54) is 23.5 Å². The number of carboxylic acids is 1. The summed E-state index contributed by atoms with van der Waals surface area (Å²) in [6.07, 6.45) is 0. The normalized spacial score (nSPS) is 10.2. The molecule has 2 aromatic rings. The first-order valence-electron chi connectivity index (χ1n) is 4.38. The number of hydrogen-bond donors (Lipinski definition) is 1. The second-order valence-corrected chi connectivity index (χ2v) is 4.59. The van der Waals surface area contributed by atoms with Crippen molar-refractivity contribution in [1.29, 1.82) is 0 Å². The Labute approximate surface area is 108 Å². The van der Waals surface area contributed by atoms with E-state index in [4.69, 9.17) is 9.84 Å². The smallest absolute Gasteiger partial charge is 0.342 e. The standard InChI is InChI=1S/C10H5BrFNO3S/c11-7-4-17-10(13-7)16-6-3-1-2-5(12)8(6)9(14)15/h1-4H,(H,14,15). The lowest BCUT2D eigenvalue weighted by Gasteiger charge is -2.05. The van der Waals surface area contributed by atoms with Gasteiger partial charge >= 0.3 is 5.97 Å². The van der Waals surface area contributed by atoms with Gasteiger partial charge in [0.1, 0.15) is 21.7 Å². The Morgan fingerprint density at radius 3 is 2.88 bits per heavy atom. The molecule has 1 aromatic heterocycles. The quantitative estimate of drug-likeness (QED) is 0.940. The van der Waals surface area contributed by atoms with Crippen LogP contribution in [-0.2, 0) is 0 Å². The SMILES string of the molecule is O=C(O)c1c(F)cccc1Oc1nc(Br)cs1. The molecule has 0 unspecified atom stereocenters. The zero-order chi connectivity index (χ0) is 12.4. The first kappa shape index (κ1) is 12.0. The number of rotatable bonds is 3. The highest BCUT2D eigenvalue weighted by molar-refractivity contribution is 9.10. The van der Waals surface area contributed by atoms with Crippen molar-refractivity contribution in [3.63, 3.8) is 0 Å². The fraction of sp³-hybridized carbons (Fsp3) is 0. The third-order valence-electron chi connectivity index (χ3n) is 1.84. The highest BCUT2D eigenvalue weighted by Crippen LogP contribution is 2.30. The van der Waals surface area contributed by atoms with E-state index in [1.807, 2.05) is 0 Å². The van der Waals surface area contributed by atoms with E-state index < -0.39 is 17.3 Å². The van der Waals surface area contributed by atoms with E-state index in [0.717, 1.165) is 6.07 Å². The second-order valence-electron chi connectivity index (χ2n) is 2.96. The van der Waals surface area contributed by atoms with Crippen LogP contribution in [-0.4, -0.2) is 16.1 Å². The lowest BCUT2D eigenvalue weighted by Crippen LogP contribution is -2.03. The molecule has 0 amide bonds. The van der Waals surface area contributed by atoms with Crippen molar-refractivity contribution in [2.75, 3.05) is 0 Å². The van der Waals surface area contributed by atoms with E-state index in [2.05, 4.69) is 20.9 Å². The van der Waals surface area contributed by atoms with Gasteiger partial charge in [0.25, 0.3) is 5.19 Å². The van der Waals surface area contributed by atoms with Gasteiger partial charge in [-0.05, 0) is 28.1 Å². The number of aromatic carboxylic acids is 1. The number of carboxylic acid groups (broad SMARTS) is 1. The largest absolute Gasteiger partial charge is 0.477 e. The highest BCUT2D eigenvalue weighted by atomic mass is 79.9. The lowest BCUT2D eigenvalue weighted by atomic mass is 10.2. The predicted molar refractivity (Wildman–Crippen MR) is 63.2 cm³/mol. The number of ether oxygens (including phenoxy) is 1. The van der Waals surface area contributed by atoms with Crippen molar-refractivity contribution in [3.05, 3.63) is 39.6 Å². The van der Waals surface area contributed by atoms with Crippen LogP contribution < -0.4 is 4.74 Å². The number of nitrogens with zero attached hydrogens (tertiary/aromatic N) is 1. The highest BCUT2D eigenvalue weighted by Gasteiger charge is 2.18. The number of carbonyl (C=O) groups is 1. The average molecular weight is 318 g/mol. The van der Waals surface area contributed by atoms with Crippen molar-refractivity contribution in [1.82, 2.24) is 4.98 Å². The Kier molecular flexibility index (Phi) is 3.39. The van der Waals surface area contributed by atoms with Crippen LogP contribution in [0.4, 0.5) is 4.39 Å². The summed E-state index contributed by atoms with van der Waals surface area (Å²) in [6.45, 7) is 0. The molecule has 0 aliphatic heterocycles. The summed E-state index contributed by atoms with van der Waals surface area (Å²) in [5, 5.41) is 10.8. The molecule has 2 rings (SSSR count). The van der Waals surface area contributed by atoms with Gasteiger partial charge in [0, 0.05) is 5.38 Å². The van der Waals surface area contributed by atoms with Gasteiger partial charge in [0.15, 0.2) is 0 Å². The van der Waals surface area contributed by atoms with Gasteiger partial charge in [-0.1, -0.05) is 17.4 Å². The molecule has 7 heteroatoms. The molecule has 0 aliphatic carbocycles. The number of thiazole rings is 1. The number of benzene rings is 1. The maximum absolute atomic E-state index is 13.3. The molecule has 0 radical (unpaired) electrons. The Bertz CT molecular complexity index is 572. The van der Waals surface area contributed by atoms with Crippen LogP contribution in [0.25, 0.3) is 0 Å². The van der Waals surface area contributed by atoms with Crippen LogP contribution in [0.1, 0.15) is 10.4 Å². The maximum Gasteiger partial charge on any atom is 0.342 e. The third kappa shape index (κ3) is 2.62. The Morgan fingerprint density at radius 1 is 1.53 bits per heavy atom. The molecule has 1 N–H and O–H groups in total. The molecule has 4 nitrogen and oxygen atoms in total. The molecule has 1 heterocycles. The van der Waals surface area contributed by atoms with Crippen molar-refractivity contribution in [2.24, 2.45) is 0 Å². The van der Waals surface area contributed by atoms with E-state index in [1.54, 1.807) is 5.38 Å². The van der Waals surface area contributed by atoms with Crippen LogP contribution in [0.2, 0.25) is 0 Å². The van der Waals surface area contributed by atoms with E-state index in [-0.39, 0.29) is 10.9 Å². The van der Waals surface area contributed by atoms with Crippen LogP contribution >= 0.6 is 27.3 Å². The minimum Gasteiger partial charge on any atom is -0.477 e. The predicted octanol–water partition coefficient (Wildman–Crippen LogP) is 3.54. The third-order valence-corrected chi connectivity index (χ3v) is 3.27. The Hall–Kier alpha value is -1.47. The Balaban J connectivity index is 2.39. The summed E-state index contributed by atoms with van der Waals surface area (Å²) in [7, 11) is 0. The molecule has 17 heavy (non-hydrogen) atoms. The van der Waals surface area contributed by atoms with Gasteiger partial charge in [-0.15, -0.1) is 0 Å². The van der Waals surface area contributed by atoms with Crippen molar-refractivity contribution < 1.29 is 19.0 Å². The summed E-state index contributed by atoms with van der Waals surface area (Å²) in [5.74, 6) is -2.29. The molecular weight excluding hydrogens is 313 g/mol. The summed E-state index contributed by atoms with van der Waals surface area (Å²) >= 11 is 4.31. The summed E-state index contributed by atoms with van der Waals surface area (Å²) in [5.41, 5.74) is -0.501. The maximum atomic E-state index is 13.3. The van der Waals surface area contributed by atoms with Crippen LogP contribution in [0, 0.1) is 5.82 Å². The molecule has 0 saturated carbocycles. The molecule has 0 spiro atoms. The number of aromatic nitrogens is 1. The van der Waals surface area contributed by atoms with Gasteiger partial charge in [-0.2, -0.15) is 4.98 Å².